The molecule has 0 bridgehead atoms. The molecule has 0 aliphatic rings. The van der Waals surface area contributed by atoms with Crippen LogP contribution in [0.1, 0.15) is 9.67 Å². The van der Waals surface area contributed by atoms with Crippen LogP contribution in [0.5, 0.6) is 11.5 Å². The van der Waals surface area contributed by atoms with E-state index in [0.717, 1.165) is 6.26 Å². The molecule has 0 radical (unpaired) electrons. The number of benzene rings is 1. The van der Waals surface area contributed by atoms with Crippen LogP contribution < -0.4 is 19.1 Å². The van der Waals surface area contributed by atoms with Crippen molar-refractivity contribution in [2.75, 3.05) is 37.9 Å². The van der Waals surface area contributed by atoms with Gasteiger partial charge >= 0.3 is 0 Å². The number of thiophene rings is 1. The molecule has 0 aliphatic heterocycles. The molecule has 0 saturated carbocycles. The number of sulfonamides is 1. The molecule has 0 spiro atoms. The molecular formula is C16H20N2O5S2. The average molecular weight is 384 g/mol. The Morgan fingerprint density at radius 2 is 1.92 bits per heavy atom. The molecule has 2 aromatic rings. The molecule has 0 unspecified atom stereocenters. The van der Waals surface area contributed by atoms with E-state index in [9.17, 15) is 13.2 Å². The zero-order valence-electron chi connectivity index (χ0n) is 14.2. The van der Waals surface area contributed by atoms with E-state index in [1.807, 2.05) is 0 Å². The number of amides is 1. The Bertz CT molecular complexity index is 819. The second-order valence-corrected chi connectivity index (χ2v) is 7.96. The molecule has 1 heterocycles. The summed E-state index contributed by atoms with van der Waals surface area (Å²) >= 11 is 1.33. The lowest BCUT2D eigenvalue weighted by molar-refractivity contribution is 0.0959. The first-order valence-corrected chi connectivity index (χ1v) is 10.1. The maximum absolute atomic E-state index is 12.1. The number of nitrogens with one attached hydrogen (secondary N) is 1. The van der Waals surface area contributed by atoms with Crippen LogP contribution in [0.2, 0.25) is 0 Å². The van der Waals surface area contributed by atoms with E-state index in [2.05, 4.69) is 5.32 Å². The van der Waals surface area contributed by atoms with E-state index in [4.69, 9.17) is 9.47 Å². The number of carbonyl (C=O) groups excluding carboxylic acids is 1. The first kappa shape index (κ1) is 19.1. The lowest BCUT2D eigenvalue weighted by Crippen LogP contribution is -2.38. The van der Waals surface area contributed by atoms with E-state index in [0.29, 0.717) is 22.1 Å². The maximum atomic E-state index is 12.1. The summed E-state index contributed by atoms with van der Waals surface area (Å²) in [5.74, 6) is 0.706. The van der Waals surface area contributed by atoms with Gasteiger partial charge in [0.15, 0.2) is 11.5 Å². The predicted octanol–water partition coefficient (Wildman–Crippen LogP) is 1.96. The summed E-state index contributed by atoms with van der Waals surface area (Å²) in [5.41, 5.74) is 0.436. The van der Waals surface area contributed by atoms with Gasteiger partial charge in [-0.1, -0.05) is 6.07 Å². The summed E-state index contributed by atoms with van der Waals surface area (Å²) < 4.78 is 35.9. The fourth-order valence-electron chi connectivity index (χ4n) is 2.23. The van der Waals surface area contributed by atoms with Crippen molar-refractivity contribution >= 4 is 33.0 Å². The summed E-state index contributed by atoms with van der Waals surface area (Å²) in [4.78, 5) is 12.5. The zero-order valence-corrected chi connectivity index (χ0v) is 15.8. The van der Waals surface area contributed by atoms with Gasteiger partial charge in [-0.3, -0.25) is 9.10 Å². The van der Waals surface area contributed by atoms with Crippen LogP contribution in [-0.2, 0) is 10.0 Å². The highest BCUT2D eigenvalue weighted by atomic mass is 32.2. The third-order valence-electron chi connectivity index (χ3n) is 3.40. The average Bonchev–Trinajstić information content (AvgIpc) is 3.11. The van der Waals surface area contributed by atoms with Crippen molar-refractivity contribution in [1.29, 1.82) is 0 Å². The monoisotopic (exact) mass is 384 g/mol. The van der Waals surface area contributed by atoms with Crippen molar-refractivity contribution in [2.45, 2.75) is 0 Å². The Hall–Kier alpha value is -2.26. The molecule has 9 heteroatoms. The predicted molar refractivity (Wildman–Crippen MR) is 98.4 cm³/mol. The van der Waals surface area contributed by atoms with Crippen molar-refractivity contribution in [3.63, 3.8) is 0 Å². The van der Waals surface area contributed by atoms with Crippen LogP contribution in [-0.4, -0.2) is 47.9 Å². The Labute approximate surface area is 151 Å². The van der Waals surface area contributed by atoms with Crippen LogP contribution >= 0.6 is 11.3 Å². The second kappa shape index (κ2) is 8.21. The summed E-state index contributed by atoms with van der Waals surface area (Å²) in [6.45, 7) is 0.281. The largest absolute Gasteiger partial charge is 0.493 e. The van der Waals surface area contributed by atoms with Crippen molar-refractivity contribution in [3.05, 3.63) is 40.6 Å². The molecule has 2 rings (SSSR count). The Kier molecular flexibility index (Phi) is 6.27. The highest BCUT2D eigenvalue weighted by Crippen LogP contribution is 2.32. The highest BCUT2D eigenvalue weighted by Gasteiger charge is 2.19. The van der Waals surface area contributed by atoms with E-state index in [1.54, 1.807) is 35.7 Å². The normalized spacial score (nSPS) is 11.0. The van der Waals surface area contributed by atoms with E-state index < -0.39 is 10.0 Å². The Morgan fingerprint density at radius 3 is 2.48 bits per heavy atom. The minimum absolute atomic E-state index is 0.103. The number of ether oxygens (including phenoxy) is 2. The van der Waals surface area contributed by atoms with Crippen molar-refractivity contribution in [2.24, 2.45) is 0 Å². The van der Waals surface area contributed by atoms with Gasteiger partial charge in [-0.25, -0.2) is 8.42 Å². The van der Waals surface area contributed by atoms with Crippen LogP contribution in [0.3, 0.4) is 0 Å². The molecule has 0 aliphatic carbocycles. The topological polar surface area (TPSA) is 84.9 Å². The molecule has 0 saturated heterocycles. The fraction of sp³-hybridized carbons (Fsp3) is 0.312. The highest BCUT2D eigenvalue weighted by molar-refractivity contribution is 7.92. The van der Waals surface area contributed by atoms with Gasteiger partial charge in [-0.05, 0) is 23.6 Å². The number of rotatable bonds is 8. The molecule has 0 fully saturated rings. The first-order chi connectivity index (χ1) is 11.9. The van der Waals surface area contributed by atoms with Crippen molar-refractivity contribution < 1.29 is 22.7 Å². The van der Waals surface area contributed by atoms with Crippen molar-refractivity contribution in [3.8, 4) is 11.5 Å². The molecule has 1 amide bonds. The van der Waals surface area contributed by atoms with Gasteiger partial charge in [-0.15, -0.1) is 11.3 Å². The molecule has 0 atom stereocenters. The number of nitrogens with zero attached hydrogens (tertiary/aromatic N) is 1. The third kappa shape index (κ3) is 4.86. The summed E-state index contributed by atoms with van der Waals surface area (Å²) in [5, 5.41) is 4.52. The first-order valence-electron chi connectivity index (χ1n) is 7.38. The lowest BCUT2D eigenvalue weighted by atomic mass is 10.2. The molecule has 136 valence electrons. The zero-order chi connectivity index (χ0) is 18.4. The Morgan fingerprint density at radius 1 is 1.20 bits per heavy atom. The minimum atomic E-state index is -3.53. The van der Waals surface area contributed by atoms with Gasteiger partial charge in [0.1, 0.15) is 0 Å². The van der Waals surface area contributed by atoms with E-state index in [-0.39, 0.29) is 19.0 Å². The Balaban J connectivity index is 2.13. The quantitative estimate of drug-likeness (QED) is 0.752. The van der Waals surface area contributed by atoms with E-state index >= 15 is 0 Å². The maximum Gasteiger partial charge on any atom is 0.261 e. The van der Waals surface area contributed by atoms with E-state index in [1.165, 1.54) is 29.9 Å². The van der Waals surface area contributed by atoms with Gasteiger partial charge in [0.25, 0.3) is 5.91 Å². The lowest BCUT2D eigenvalue weighted by Gasteiger charge is -2.23. The second-order valence-electron chi connectivity index (χ2n) is 5.11. The number of hydrogen-bond donors (Lipinski definition) is 1. The third-order valence-corrected chi connectivity index (χ3v) is 5.46. The summed E-state index contributed by atoms with van der Waals surface area (Å²) in [6.07, 6.45) is 1.12. The van der Waals surface area contributed by atoms with Gasteiger partial charge in [-0.2, -0.15) is 0 Å². The SMILES string of the molecule is COc1ccc(N(CCNC(=O)c2cccs2)S(C)(=O)=O)cc1OC. The van der Waals surface area contributed by atoms with Gasteiger partial charge < -0.3 is 14.8 Å². The number of methoxy groups -OCH3 is 2. The number of anilines is 1. The minimum Gasteiger partial charge on any atom is -0.493 e. The molecule has 1 aromatic heterocycles. The molecule has 25 heavy (non-hydrogen) atoms. The van der Waals surface area contributed by atoms with Gasteiger partial charge in [0, 0.05) is 12.6 Å². The van der Waals surface area contributed by atoms with Crippen LogP contribution in [0.4, 0.5) is 5.69 Å². The summed E-state index contributed by atoms with van der Waals surface area (Å²) in [6, 6.07) is 8.34. The molecule has 1 N–H and O–H groups in total. The van der Waals surface area contributed by atoms with Crippen LogP contribution in [0.25, 0.3) is 0 Å². The van der Waals surface area contributed by atoms with Gasteiger partial charge in [0.2, 0.25) is 10.0 Å². The number of carbonyl (C=O) groups is 1. The van der Waals surface area contributed by atoms with Crippen molar-refractivity contribution in [1.82, 2.24) is 5.32 Å². The smallest absolute Gasteiger partial charge is 0.261 e. The molecular weight excluding hydrogens is 364 g/mol. The van der Waals surface area contributed by atoms with Crippen LogP contribution in [0.15, 0.2) is 35.7 Å². The van der Waals surface area contributed by atoms with Crippen LogP contribution in [0, 0.1) is 0 Å². The number of hydrogen-bond acceptors (Lipinski definition) is 6. The molecule has 1 aromatic carbocycles. The fourth-order valence-corrected chi connectivity index (χ4v) is 3.79. The van der Waals surface area contributed by atoms with Gasteiger partial charge in [0.05, 0.1) is 37.6 Å². The summed E-state index contributed by atoms with van der Waals surface area (Å²) in [7, 11) is -0.540. The molecule has 7 nitrogen and oxygen atoms in total. The standard InChI is InChI=1S/C16H20N2O5S2/c1-22-13-7-6-12(11-14(13)23-2)18(25(3,20)21)9-8-17-16(19)15-5-4-10-24-15/h4-7,10-11H,8-9H2,1-3H3,(H,17,19).